The molecular weight excluding hydrogens is 296 g/mol. The summed E-state index contributed by atoms with van der Waals surface area (Å²) in [5, 5.41) is 3.53. The van der Waals surface area contributed by atoms with Crippen LogP contribution in [0.3, 0.4) is 0 Å². The van der Waals surface area contributed by atoms with Gasteiger partial charge in [-0.2, -0.15) is 4.98 Å². The predicted molar refractivity (Wildman–Crippen MR) is 101 cm³/mol. The zero-order valence-corrected chi connectivity index (χ0v) is 15.0. The van der Waals surface area contributed by atoms with E-state index in [-0.39, 0.29) is 6.04 Å². The quantitative estimate of drug-likeness (QED) is 0.863. The molecule has 1 fully saturated rings. The molecule has 2 unspecified atom stereocenters. The summed E-state index contributed by atoms with van der Waals surface area (Å²) in [6.07, 6.45) is 4.95. The van der Waals surface area contributed by atoms with E-state index in [0.717, 1.165) is 30.4 Å². The standard InChI is InChI=1S/C20H28N4/c1-4-18-12-8-9-13-24(18)20-21-15(2)14-19(23-20)22-16(3)17-10-6-5-7-11-17/h5-7,10-11,14,16,18H,4,8-9,12-13H2,1-3H3,(H,21,22,23). The fraction of sp³-hybridized carbons (Fsp3) is 0.500. The number of nitrogens with zero attached hydrogens (tertiary/aromatic N) is 3. The molecule has 0 radical (unpaired) electrons. The van der Waals surface area contributed by atoms with Gasteiger partial charge in [-0.05, 0) is 45.1 Å². The van der Waals surface area contributed by atoms with Gasteiger partial charge in [-0.1, -0.05) is 37.3 Å². The van der Waals surface area contributed by atoms with Crippen LogP contribution < -0.4 is 10.2 Å². The Bertz CT molecular complexity index is 656. The molecule has 1 N–H and O–H groups in total. The molecule has 24 heavy (non-hydrogen) atoms. The van der Waals surface area contributed by atoms with Crippen LogP contribution in [-0.2, 0) is 0 Å². The van der Waals surface area contributed by atoms with Gasteiger partial charge in [0.15, 0.2) is 0 Å². The van der Waals surface area contributed by atoms with E-state index in [1.807, 2.05) is 12.1 Å². The van der Waals surface area contributed by atoms with Crippen LogP contribution in [0.4, 0.5) is 11.8 Å². The molecule has 0 amide bonds. The zero-order chi connectivity index (χ0) is 16.9. The molecule has 4 nitrogen and oxygen atoms in total. The van der Waals surface area contributed by atoms with Crippen LogP contribution in [0.15, 0.2) is 36.4 Å². The summed E-state index contributed by atoms with van der Waals surface area (Å²) in [6.45, 7) is 7.54. The lowest BCUT2D eigenvalue weighted by molar-refractivity contribution is 0.443. The van der Waals surface area contributed by atoms with Crippen LogP contribution in [-0.4, -0.2) is 22.6 Å². The molecule has 3 rings (SSSR count). The molecule has 128 valence electrons. The fourth-order valence-corrected chi connectivity index (χ4v) is 3.49. The fourth-order valence-electron chi connectivity index (χ4n) is 3.49. The van der Waals surface area contributed by atoms with Crippen molar-refractivity contribution in [1.29, 1.82) is 0 Å². The summed E-state index contributed by atoms with van der Waals surface area (Å²) in [6, 6.07) is 13.3. The molecule has 0 saturated carbocycles. The van der Waals surface area contributed by atoms with E-state index in [9.17, 15) is 0 Å². The Labute approximate surface area is 145 Å². The van der Waals surface area contributed by atoms with Crippen molar-refractivity contribution >= 4 is 11.8 Å². The second kappa shape index (κ2) is 7.65. The van der Waals surface area contributed by atoms with Crippen LogP contribution in [0, 0.1) is 6.92 Å². The molecule has 0 bridgehead atoms. The zero-order valence-electron chi connectivity index (χ0n) is 15.0. The molecule has 1 saturated heterocycles. The van der Waals surface area contributed by atoms with Gasteiger partial charge in [-0.3, -0.25) is 0 Å². The SMILES string of the molecule is CCC1CCCCN1c1nc(C)cc(NC(C)c2ccccc2)n1. The summed E-state index contributed by atoms with van der Waals surface area (Å²) in [7, 11) is 0. The number of piperidine rings is 1. The maximum Gasteiger partial charge on any atom is 0.227 e. The van der Waals surface area contributed by atoms with Crippen molar-refractivity contribution in [3.05, 3.63) is 47.7 Å². The molecule has 0 spiro atoms. The number of hydrogen-bond donors (Lipinski definition) is 1. The van der Waals surface area contributed by atoms with Gasteiger partial charge in [0.25, 0.3) is 0 Å². The van der Waals surface area contributed by atoms with Gasteiger partial charge < -0.3 is 10.2 Å². The summed E-state index contributed by atoms with van der Waals surface area (Å²) >= 11 is 0. The number of anilines is 2. The van der Waals surface area contributed by atoms with Gasteiger partial charge in [0, 0.05) is 30.4 Å². The first-order chi connectivity index (χ1) is 11.7. The van der Waals surface area contributed by atoms with Gasteiger partial charge in [0.2, 0.25) is 5.95 Å². The second-order valence-corrected chi connectivity index (χ2v) is 6.72. The molecule has 2 heterocycles. The summed E-state index contributed by atoms with van der Waals surface area (Å²) < 4.78 is 0. The van der Waals surface area contributed by atoms with Crippen molar-refractivity contribution in [2.45, 2.75) is 58.5 Å². The normalized spacial score (nSPS) is 19.1. The van der Waals surface area contributed by atoms with Crippen LogP contribution in [0.25, 0.3) is 0 Å². The molecule has 2 atom stereocenters. The lowest BCUT2D eigenvalue weighted by Gasteiger charge is -2.35. The Morgan fingerprint density at radius 2 is 2.00 bits per heavy atom. The average molecular weight is 324 g/mol. The number of benzene rings is 1. The van der Waals surface area contributed by atoms with Crippen molar-refractivity contribution in [2.75, 3.05) is 16.8 Å². The van der Waals surface area contributed by atoms with Crippen molar-refractivity contribution in [3.8, 4) is 0 Å². The van der Waals surface area contributed by atoms with E-state index in [2.05, 4.69) is 55.3 Å². The Balaban J connectivity index is 1.81. The van der Waals surface area contributed by atoms with Crippen molar-refractivity contribution in [3.63, 3.8) is 0 Å². The lowest BCUT2D eigenvalue weighted by atomic mass is 10.0. The average Bonchev–Trinajstić information content (AvgIpc) is 2.62. The van der Waals surface area contributed by atoms with E-state index < -0.39 is 0 Å². The molecule has 2 aromatic rings. The number of nitrogens with one attached hydrogen (secondary N) is 1. The van der Waals surface area contributed by atoms with E-state index in [4.69, 9.17) is 9.97 Å². The maximum absolute atomic E-state index is 4.82. The number of aromatic nitrogens is 2. The Morgan fingerprint density at radius 1 is 1.21 bits per heavy atom. The molecular formula is C20H28N4. The third kappa shape index (κ3) is 3.86. The molecule has 4 heteroatoms. The molecule has 1 aromatic heterocycles. The van der Waals surface area contributed by atoms with Crippen LogP contribution in [0.1, 0.15) is 56.8 Å². The Morgan fingerprint density at radius 3 is 2.75 bits per heavy atom. The van der Waals surface area contributed by atoms with Gasteiger partial charge >= 0.3 is 0 Å². The molecule has 0 aliphatic carbocycles. The minimum absolute atomic E-state index is 0.219. The number of rotatable bonds is 5. The van der Waals surface area contributed by atoms with Gasteiger partial charge in [0.05, 0.1) is 0 Å². The number of hydrogen-bond acceptors (Lipinski definition) is 4. The third-order valence-electron chi connectivity index (χ3n) is 4.86. The van der Waals surface area contributed by atoms with Crippen molar-refractivity contribution in [1.82, 2.24) is 9.97 Å². The van der Waals surface area contributed by atoms with Gasteiger partial charge in [-0.25, -0.2) is 4.98 Å². The Hall–Kier alpha value is -2.10. The highest BCUT2D eigenvalue weighted by atomic mass is 15.3. The first-order valence-corrected chi connectivity index (χ1v) is 9.11. The first-order valence-electron chi connectivity index (χ1n) is 9.11. The minimum Gasteiger partial charge on any atom is -0.363 e. The van der Waals surface area contributed by atoms with E-state index in [1.165, 1.54) is 24.8 Å². The van der Waals surface area contributed by atoms with E-state index in [0.29, 0.717) is 6.04 Å². The monoisotopic (exact) mass is 324 g/mol. The highest BCUT2D eigenvalue weighted by molar-refractivity contribution is 5.46. The minimum atomic E-state index is 0.219. The first kappa shape index (κ1) is 16.7. The molecule has 1 aliphatic rings. The topological polar surface area (TPSA) is 41.1 Å². The van der Waals surface area contributed by atoms with Crippen LogP contribution in [0.2, 0.25) is 0 Å². The lowest BCUT2D eigenvalue weighted by Crippen LogP contribution is -2.40. The maximum atomic E-state index is 4.82. The highest BCUT2D eigenvalue weighted by Gasteiger charge is 2.23. The van der Waals surface area contributed by atoms with Crippen molar-refractivity contribution < 1.29 is 0 Å². The summed E-state index contributed by atoms with van der Waals surface area (Å²) in [4.78, 5) is 11.9. The molecule has 1 aliphatic heterocycles. The summed E-state index contributed by atoms with van der Waals surface area (Å²) in [5.41, 5.74) is 2.28. The number of aryl methyl sites for hydroxylation is 1. The third-order valence-corrected chi connectivity index (χ3v) is 4.86. The second-order valence-electron chi connectivity index (χ2n) is 6.72. The van der Waals surface area contributed by atoms with Gasteiger partial charge in [-0.15, -0.1) is 0 Å². The largest absolute Gasteiger partial charge is 0.363 e. The van der Waals surface area contributed by atoms with Crippen molar-refractivity contribution in [2.24, 2.45) is 0 Å². The van der Waals surface area contributed by atoms with E-state index in [1.54, 1.807) is 0 Å². The highest BCUT2D eigenvalue weighted by Crippen LogP contribution is 2.26. The van der Waals surface area contributed by atoms with Crippen LogP contribution in [0.5, 0.6) is 0 Å². The smallest absolute Gasteiger partial charge is 0.227 e. The van der Waals surface area contributed by atoms with Crippen LogP contribution >= 0.6 is 0 Å². The van der Waals surface area contributed by atoms with Gasteiger partial charge in [0.1, 0.15) is 5.82 Å². The predicted octanol–water partition coefficient (Wildman–Crippen LogP) is 4.73. The van der Waals surface area contributed by atoms with E-state index >= 15 is 0 Å². The summed E-state index contributed by atoms with van der Waals surface area (Å²) in [5.74, 6) is 1.79. The molecule has 1 aromatic carbocycles. The Kier molecular flexibility index (Phi) is 5.34.